The van der Waals surface area contributed by atoms with Gasteiger partial charge in [-0.2, -0.15) is 0 Å². The molecule has 0 saturated heterocycles. The van der Waals surface area contributed by atoms with Crippen molar-refractivity contribution in [2.75, 3.05) is 7.11 Å². The maximum absolute atomic E-state index is 12.5. The predicted molar refractivity (Wildman–Crippen MR) is 114 cm³/mol. The van der Waals surface area contributed by atoms with E-state index in [1.165, 1.54) is 19.9 Å². The molecule has 0 unspecified atom stereocenters. The van der Waals surface area contributed by atoms with Gasteiger partial charge in [0.25, 0.3) is 0 Å². The quantitative estimate of drug-likeness (QED) is 0.427. The maximum atomic E-state index is 12.5. The summed E-state index contributed by atoms with van der Waals surface area (Å²) < 4.78 is 16.5. The third kappa shape index (κ3) is 4.38. The Morgan fingerprint density at radius 1 is 1.07 bits per heavy atom. The van der Waals surface area contributed by atoms with Gasteiger partial charge < -0.3 is 19.0 Å². The summed E-state index contributed by atoms with van der Waals surface area (Å²) >= 11 is 0. The van der Waals surface area contributed by atoms with Gasteiger partial charge in [-0.3, -0.25) is 4.79 Å². The highest BCUT2D eigenvalue weighted by Gasteiger charge is 2.30. The zero-order valence-corrected chi connectivity index (χ0v) is 17.6. The summed E-state index contributed by atoms with van der Waals surface area (Å²) in [4.78, 5) is 23.9. The van der Waals surface area contributed by atoms with Crippen LogP contribution in [0.3, 0.4) is 0 Å². The molecule has 0 aliphatic carbocycles. The van der Waals surface area contributed by atoms with Crippen LogP contribution < -0.4 is 9.47 Å². The normalized spacial score (nSPS) is 11.8. The van der Waals surface area contributed by atoms with Crippen molar-refractivity contribution < 1.29 is 28.6 Å². The molecular weight excluding hydrogens is 384 g/mol. The molecule has 3 rings (SSSR count). The molecule has 2 aromatic carbocycles. The standard InChI is InChI=1S/C24H24O6/c1-14-10-16(11-15(2)22(14)30-24(3,4)23(26)27)6-9-19(25)21-12-17-7-8-18(28-5)13-20(17)29-21/h6-13H,1-5H3,(H,26,27). The maximum Gasteiger partial charge on any atom is 0.347 e. The van der Waals surface area contributed by atoms with E-state index in [4.69, 9.17) is 13.9 Å². The van der Waals surface area contributed by atoms with Gasteiger partial charge in [0.1, 0.15) is 17.1 Å². The number of carbonyl (C=O) groups excluding carboxylic acids is 1. The van der Waals surface area contributed by atoms with Gasteiger partial charge >= 0.3 is 5.97 Å². The van der Waals surface area contributed by atoms with Gasteiger partial charge in [-0.05, 0) is 80.8 Å². The predicted octanol–water partition coefficient (Wildman–Crippen LogP) is 5.20. The number of rotatable bonds is 7. The SMILES string of the molecule is COc1ccc2cc(C(=O)C=Cc3cc(C)c(OC(C)(C)C(=O)O)c(C)c3)oc2c1. The first-order valence-electron chi connectivity index (χ1n) is 9.44. The molecule has 6 heteroatoms. The molecule has 156 valence electrons. The van der Waals surface area contributed by atoms with Crippen molar-refractivity contribution in [2.45, 2.75) is 33.3 Å². The van der Waals surface area contributed by atoms with Crippen LogP contribution in [0.15, 0.2) is 46.9 Å². The number of carboxylic acids is 1. The lowest BCUT2D eigenvalue weighted by Gasteiger charge is -2.24. The van der Waals surface area contributed by atoms with Crippen molar-refractivity contribution in [1.29, 1.82) is 0 Å². The van der Waals surface area contributed by atoms with Crippen LogP contribution in [-0.4, -0.2) is 29.6 Å². The van der Waals surface area contributed by atoms with Gasteiger partial charge in [0.2, 0.25) is 5.78 Å². The van der Waals surface area contributed by atoms with E-state index in [2.05, 4.69) is 0 Å². The van der Waals surface area contributed by atoms with Crippen LogP contribution in [0, 0.1) is 13.8 Å². The van der Waals surface area contributed by atoms with Crippen molar-refractivity contribution in [3.63, 3.8) is 0 Å². The minimum atomic E-state index is -1.34. The van der Waals surface area contributed by atoms with Crippen LogP contribution in [0.1, 0.15) is 41.1 Å². The van der Waals surface area contributed by atoms with E-state index in [-0.39, 0.29) is 11.5 Å². The topological polar surface area (TPSA) is 86.0 Å². The molecule has 0 atom stereocenters. The molecule has 1 N–H and O–H groups in total. The summed E-state index contributed by atoms with van der Waals surface area (Å²) in [5.74, 6) is 0.126. The first-order chi connectivity index (χ1) is 14.1. The van der Waals surface area contributed by atoms with Gasteiger partial charge in [0, 0.05) is 11.5 Å². The minimum Gasteiger partial charge on any atom is -0.497 e. The highest BCUT2D eigenvalue weighted by atomic mass is 16.5. The lowest BCUT2D eigenvalue weighted by atomic mass is 10.0. The summed E-state index contributed by atoms with van der Waals surface area (Å²) in [5.41, 5.74) is 1.61. The monoisotopic (exact) mass is 408 g/mol. The Hall–Kier alpha value is -3.54. The summed E-state index contributed by atoms with van der Waals surface area (Å²) in [6.07, 6.45) is 3.15. The molecule has 0 spiro atoms. The summed E-state index contributed by atoms with van der Waals surface area (Å²) in [6.45, 7) is 6.69. The Bertz CT molecular complexity index is 1130. The summed E-state index contributed by atoms with van der Waals surface area (Å²) in [5, 5.41) is 10.1. The summed E-state index contributed by atoms with van der Waals surface area (Å²) in [6, 6.07) is 10.8. The Morgan fingerprint density at radius 3 is 2.33 bits per heavy atom. The molecule has 3 aromatic rings. The zero-order chi connectivity index (χ0) is 22.1. The van der Waals surface area contributed by atoms with E-state index in [1.54, 1.807) is 25.3 Å². The van der Waals surface area contributed by atoms with Crippen molar-refractivity contribution in [1.82, 2.24) is 0 Å². The molecule has 1 aromatic heterocycles. The number of hydrogen-bond donors (Lipinski definition) is 1. The van der Waals surface area contributed by atoms with Crippen LogP contribution in [0.4, 0.5) is 0 Å². The highest BCUT2D eigenvalue weighted by molar-refractivity contribution is 6.07. The first kappa shape index (κ1) is 21.2. The molecule has 0 amide bonds. The molecule has 0 saturated carbocycles. The second-order valence-electron chi connectivity index (χ2n) is 7.61. The van der Waals surface area contributed by atoms with Crippen LogP contribution in [0.2, 0.25) is 0 Å². The molecule has 0 aliphatic rings. The number of carbonyl (C=O) groups is 2. The highest BCUT2D eigenvalue weighted by Crippen LogP contribution is 2.29. The Kier molecular flexibility index (Phi) is 5.69. The number of ether oxygens (including phenoxy) is 2. The molecule has 6 nitrogen and oxygen atoms in total. The fourth-order valence-corrected chi connectivity index (χ4v) is 3.05. The fraction of sp³-hybridized carbons (Fsp3) is 0.250. The van der Waals surface area contributed by atoms with Gasteiger partial charge in [-0.25, -0.2) is 4.79 Å². The Balaban J connectivity index is 1.82. The van der Waals surface area contributed by atoms with Gasteiger partial charge in [0.05, 0.1) is 7.11 Å². The largest absolute Gasteiger partial charge is 0.497 e. The number of allylic oxidation sites excluding steroid dienone is 1. The Labute approximate surface area is 174 Å². The molecule has 30 heavy (non-hydrogen) atoms. The van der Waals surface area contributed by atoms with Gasteiger partial charge in [0.15, 0.2) is 11.4 Å². The number of fused-ring (bicyclic) bond motifs is 1. The van der Waals surface area contributed by atoms with Crippen LogP contribution in [0.5, 0.6) is 11.5 Å². The molecule has 1 heterocycles. The number of aryl methyl sites for hydroxylation is 2. The van der Waals surface area contributed by atoms with Crippen molar-refractivity contribution in [3.05, 3.63) is 64.9 Å². The average molecular weight is 408 g/mol. The first-order valence-corrected chi connectivity index (χ1v) is 9.44. The molecule has 0 radical (unpaired) electrons. The number of ketones is 1. The van der Waals surface area contributed by atoms with Crippen LogP contribution in [0.25, 0.3) is 17.0 Å². The van der Waals surface area contributed by atoms with Crippen molar-refractivity contribution >= 4 is 28.8 Å². The van der Waals surface area contributed by atoms with Gasteiger partial charge in [-0.1, -0.05) is 6.08 Å². The average Bonchev–Trinajstić information content (AvgIpc) is 3.12. The molecule has 0 aliphatic heterocycles. The summed E-state index contributed by atoms with van der Waals surface area (Å²) in [7, 11) is 1.57. The van der Waals surface area contributed by atoms with E-state index in [9.17, 15) is 14.7 Å². The third-order valence-corrected chi connectivity index (χ3v) is 4.75. The third-order valence-electron chi connectivity index (χ3n) is 4.75. The number of aliphatic carboxylic acids is 1. The van der Waals surface area contributed by atoms with E-state index < -0.39 is 11.6 Å². The minimum absolute atomic E-state index is 0.242. The van der Waals surface area contributed by atoms with Gasteiger partial charge in [-0.15, -0.1) is 0 Å². The smallest absolute Gasteiger partial charge is 0.347 e. The Morgan fingerprint density at radius 2 is 1.73 bits per heavy atom. The van der Waals surface area contributed by atoms with Crippen molar-refractivity contribution in [3.8, 4) is 11.5 Å². The molecule has 0 bridgehead atoms. The number of furan rings is 1. The van der Waals surface area contributed by atoms with E-state index in [1.807, 2.05) is 38.1 Å². The van der Waals surface area contributed by atoms with E-state index in [0.29, 0.717) is 17.1 Å². The zero-order valence-electron chi connectivity index (χ0n) is 17.6. The second-order valence-corrected chi connectivity index (χ2v) is 7.61. The van der Waals surface area contributed by atoms with E-state index >= 15 is 0 Å². The van der Waals surface area contributed by atoms with Crippen molar-refractivity contribution in [2.24, 2.45) is 0 Å². The fourth-order valence-electron chi connectivity index (χ4n) is 3.05. The number of carboxylic acid groups (broad SMARTS) is 1. The van der Waals surface area contributed by atoms with Crippen LogP contribution in [-0.2, 0) is 4.79 Å². The molecular formula is C24H24O6. The van der Waals surface area contributed by atoms with E-state index in [0.717, 1.165) is 22.1 Å². The number of methoxy groups -OCH3 is 1. The van der Waals surface area contributed by atoms with Crippen LogP contribution >= 0.6 is 0 Å². The number of benzene rings is 2. The second kappa shape index (κ2) is 8.06. The number of hydrogen-bond acceptors (Lipinski definition) is 5. The lowest BCUT2D eigenvalue weighted by molar-refractivity contribution is -0.152. The lowest BCUT2D eigenvalue weighted by Crippen LogP contribution is -2.38. The molecule has 0 fully saturated rings.